The van der Waals surface area contributed by atoms with Gasteiger partial charge in [0.15, 0.2) is 5.82 Å². The molecule has 2 aromatic heterocycles. The normalized spacial score (nSPS) is 11.8. The van der Waals surface area contributed by atoms with Gasteiger partial charge in [-0.1, -0.05) is 176 Å². The van der Waals surface area contributed by atoms with Crippen molar-refractivity contribution in [2.45, 2.75) is 0 Å². The van der Waals surface area contributed by atoms with E-state index >= 15 is 0 Å². The van der Waals surface area contributed by atoms with E-state index in [1.165, 1.54) is 16.7 Å². The largest absolute Gasteiger partial charge is 0.309 e. The molecule has 1 aliphatic heterocycles. The number of hydrogen-bond donors (Lipinski definition) is 0. The fraction of sp³-hybridized carbons (Fsp3) is 0. The second-order valence-electron chi connectivity index (χ2n) is 15.8. The van der Waals surface area contributed by atoms with Gasteiger partial charge in [0.1, 0.15) is 5.82 Å². The summed E-state index contributed by atoms with van der Waals surface area (Å²) in [5, 5.41) is 2.30. The standard InChI is InChI=1S/C58H38N4/c1-4-18-39(19-5-1)41-22-16-24-43(34-41)52-38-57(60-58(59-52)44-25-17-23-42(35-44)40-20-6-2-7-21-40)62-54-33-15-13-31-49(54)51-37-55-50(36-56(51)62)47-29-11-10-28-46(47)48-30-12-14-32-53(48)61(55)45-26-8-3-9-27-45/h1-38H. The van der Waals surface area contributed by atoms with Crippen molar-refractivity contribution in [1.29, 1.82) is 0 Å². The van der Waals surface area contributed by atoms with Gasteiger partial charge in [0.2, 0.25) is 0 Å². The first-order chi connectivity index (χ1) is 30.7. The SMILES string of the molecule is c1ccc(-c2cccc(-c3cc(-n4c5ccccc5c5cc6c(cc54)-c4ccccc4-c4ccccc4N6c4ccccc4)nc(-c4cccc(-c5ccccc5)c4)n3)c2)cc1. The molecule has 0 spiro atoms. The Hall–Kier alpha value is -8.34. The fourth-order valence-corrected chi connectivity index (χ4v) is 9.27. The summed E-state index contributed by atoms with van der Waals surface area (Å²) in [5.41, 5.74) is 17.7. The topological polar surface area (TPSA) is 34.0 Å². The Balaban J connectivity index is 1.14. The number of para-hydroxylation sites is 3. The van der Waals surface area contributed by atoms with Crippen LogP contribution in [-0.2, 0) is 0 Å². The molecule has 0 amide bonds. The molecule has 0 radical (unpaired) electrons. The van der Waals surface area contributed by atoms with Gasteiger partial charge in [-0.15, -0.1) is 0 Å². The molecule has 0 unspecified atom stereocenters. The number of nitrogens with zero attached hydrogens (tertiary/aromatic N) is 4. The Bertz CT molecular complexity index is 3360. The zero-order valence-corrected chi connectivity index (χ0v) is 33.7. The second-order valence-corrected chi connectivity index (χ2v) is 15.8. The highest BCUT2D eigenvalue weighted by molar-refractivity contribution is 6.14. The first kappa shape index (κ1) is 35.6. The number of hydrogen-bond acceptors (Lipinski definition) is 3. The number of rotatable bonds is 6. The van der Waals surface area contributed by atoms with E-state index in [4.69, 9.17) is 9.97 Å². The van der Waals surface area contributed by atoms with Crippen LogP contribution < -0.4 is 4.90 Å². The molecule has 0 saturated heterocycles. The monoisotopic (exact) mass is 790 g/mol. The summed E-state index contributed by atoms with van der Waals surface area (Å²) in [6.07, 6.45) is 0. The van der Waals surface area contributed by atoms with Gasteiger partial charge >= 0.3 is 0 Å². The molecule has 1 aliphatic rings. The van der Waals surface area contributed by atoms with Crippen LogP contribution in [0.25, 0.3) is 94.8 Å². The minimum atomic E-state index is 0.664. The van der Waals surface area contributed by atoms with Gasteiger partial charge in [-0.2, -0.15) is 0 Å². The lowest BCUT2D eigenvalue weighted by atomic mass is 9.94. The average molecular weight is 791 g/mol. The fourth-order valence-electron chi connectivity index (χ4n) is 9.27. The van der Waals surface area contributed by atoms with Gasteiger partial charge < -0.3 is 4.90 Å². The molecule has 0 saturated carbocycles. The molecule has 0 atom stereocenters. The predicted molar refractivity (Wildman–Crippen MR) is 257 cm³/mol. The maximum Gasteiger partial charge on any atom is 0.162 e. The van der Waals surface area contributed by atoms with E-state index in [1.54, 1.807) is 0 Å². The van der Waals surface area contributed by atoms with E-state index in [1.807, 2.05) is 0 Å². The molecule has 290 valence electrons. The summed E-state index contributed by atoms with van der Waals surface area (Å²) < 4.78 is 2.34. The van der Waals surface area contributed by atoms with Crippen LogP contribution in [0.15, 0.2) is 231 Å². The molecule has 0 aliphatic carbocycles. The highest BCUT2D eigenvalue weighted by Crippen LogP contribution is 2.52. The van der Waals surface area contributed by atoms with Crippen LogP contribution in [0, 0.1) is 0 Å². The number of anilines is 3. The van der Waals surface area contributed by atoms with Crippen molar-refractivity contribution < 1.29 is 0 Å². The Kier molecular flexibility index (Phi) is 8.46. The zero-order chi connectivity index (χ0) is 41.0. The summed E-state index contributed by atoms with van der Waals surface area (Å²) in [4.78, 5) is 13.3. The number of benzene rings is 9. The molecule has 11 aromatic rings. The molecule has 0 fully saturated rings. The zero-order valence-electron chi connectivity index (χ0n) is 33.7. The van der Waals surface area contributed by atoms with Crippen molar-refractivity contribution in [1.82, 2.24) is 14.5 Å². The number of aromatic nitrogens is 3. The van der Waals surface area contributed by atoms with Crippen LogP contribution in [0.2, 0.25) is 0 Å². The number of fused-ring (bicyclic) bond motifs is 8. The van der Waals surface area contributed by atoms with Crippen LogP contribution in [0.3, 0.4) is 0 Å². The van der Waals surface area contributed by atoms with Gasteiger partial charge in [0.25, 0.3) is 0 Å². The first-order valence-corrected chi connectivity index (χ1v) is 21.1. The lowest BCUT2D eigenvalue weighted by Gasteiger charge is -2.27. The highest BCUT2D eigenvalue weighted by Gasteiger charge is 2.28. The van der Waals surface area contributed by atoms with Crippen molar-refractivity contribution in [2.75, 3.05) is 4.90 Å². The quantitative estimate of drug-likeness (QED) is 0.168. The Morgan fingerprint density at radius 2 is 0.855 bits per heavy atom. The summed E-state index contributed by atoms with van der Waals surface area (Å²) in [5.74, 6) is 1.47. The average Bonchev–Trinajstić information content (AvgIpc) is 3.62. The molecular formula is C58H38N4. The van der Waals surface area contributed by atoms with E-state index in [0.717, 1.165) is 89.3 Å². The van der Waals surface area contributed by atoms with Crippen LogP contribution in [0.1, 0.15) is 0 Å². The molecule has 0 N–H and O–H groups in total. The molecular weight excluding hydrogens is 753 g/mol. The molecule has 0 bridgehead atoms. The molecule has 12 rings (SSSR count). The van der Waals surface area contributed by atoms with Crippen LogP contribution >= 0.6 is 0 Å². The minimum Gasteiger partial charge on any atom is -0.309 e. The molecule has 4 heteroatoms. The predicted octanol–water partition coefficient (Wildman–Crippen LogP) is 15.4. The first-order valence-electron chi connectivity index (χ1n) is 21.1. The summed E-state index contributed by atoms with van der Waals surface area (Å²) >= 11 is 0. The van der Waals surface area contributed by atoms with Gasteiger partial charge in [-0.3, -0.25) is 4.57 Å². The van der Waals surface area contributed by atoms with E-state index in [9.17, 15) is 0 Å². The smallest absolute Gasteiger partial charge is 0.162 e. The highest BCUT2D eigenvalue weighted by atomic mass is 15.2. The van der Waals surface area contributed by atoms with Gasteiger partial charge in [0.05, 0.1) is 28.1 Å². The van der Waals surface area contributed by atoms with Crippen LogP contribution in [0.5, 0.6) is 0 Å². The van der Waals surface area contributed by atoms with Crippen LogP contribution in [0.4, 0.5) is 17.1 Å². The molecule has 4 nitrogen and oxygen atoms in total. The van der Waals surface area contributed by atoms with Crippen molar-refractivity contribution in [3.05, 3.63) is 231 Å². The van der Waals surface area contributed by atoms with Crippen LogP contribution in [-0.4, -0.2) is 14.5 Å². The maximum atomic E-state index is 5.50. The Labute approximate surface area is 360 Å². The summed E-state index contributed by atoms with van der Waals surface area (Å²) in [6.45, 7) is 0. The second kappa shape index (κ2) is 14.7. The maximum absolute atomic E-state index is 5.50. The minimum absolute atomic E-state index is 0.664. The van der Waals surface area contributed by atoms with Gasteiger partial charge in [0, 0.05) is 44.8 Å². The van der Waals surface area contributed by atoms with Gasteiger partial charge in [-0.05, 0) is 81.9 Å². The third-order valence-corrected chi connectivity index (χ3v) is 12.1. The summed E-state index contributed by atoms with van der Waals surface area (Å²) in [6, 6.07) is 82.3. The van der Waals surface area contributed by atoms with E-state index < -0.39 is 0 Å². The van der Waals surface area contributed by atoms with E-state index in [2.05, 4.69) is 240 Å². The molecule has 9 aromatic carbocycles. The van der Waals surface area contributed by atoms with Crippen molar-refractivity contribution >= 4 is 38.9 Å². The van der Waals surface area contributed by atoms with Crippen molar-refractivity contribution in [3.8, 4) is 73.0 Å². The van der Waals surface area contributed by atoms with Crippen molar-refractivity contribution in [3.63, 3.8) is 0 Å². The van der Waals surface area contributed by atoms with E-state index in [-0.39, 0.29) is 0 Å². The Morgan fingerprint density at radius 3 is 1.58 bits per heavy atom. The third-order valence-electron chi connectivity index (χ3n) is 12.1. The van der Waals surface area contributed by atoms with Crippen molar-refractivity contribution in [2.24, 2.45) is 0 Å². The van der Waals surface area contributed by atoms with E-state index in [0.29, 0.717) is 5.82 Å². The summed E-state index contributed by atoms with van der Waals surface area (Å²) in [7, 11) is 0. The lowest BCUT2D eigenvalue weighted by Crippen LogP contribution is -2.11. The molecule has 3 heterocycles. The molecule has 62 heavy (non-hydrogen) atoms. The van der Waals surface area contributed by atoms with Gasteiger partial charge in [-0.25, -0.2) is 9.97 Å². The lowest BCUT2D eigenvalue weighted by molar-refractivity contribution is 1.05. The third kappa shape index (κ3) is 6.00. The Morgan fingerprint density at radius 1 is 0.306 bits per heavy atom.